The fourth-order valence-electron chi connectivity index (χ4n) is 8.27. The van der Waals surface area contributed by atoms with Crippen LogP contribution in [0, 0.1) is 0 Å². The van der Waals surface area contributed by atoms with Crippen molar-refractivity contribution in [2.75, 3.05) is 13.2 Å². The Hall–Kier alpha value is -4.19. The highest BCUT2D eigenvalue weighted by Gasteiger charge is 2.19. The van der Waals surface area contributed by atoms with Crippen LogP contribution >= 0.6 is 0 Å². The molecule has 0 bridgehead atoms. The highest BCUT2D eigenvalue weighted by atomic mass is 16.6. The van der Waals surface area contributed by atoms with Crippen molar-refractivity contribution in [3.8, 4) is 0 Å². The van der Waals surface area contributed by atoms with Gasteiger partial charge in [0.1, 0.15) is 13.2 Å². The number of carbonyl (C=O) groups is 3. The van der Waals surface area contributed by atoms with Gasteiger partial charge in [0.15, 0.2) is 6.10 Å². The van der Waals surface area contributed by atoms with E-state index < -0.39 is 6.10 Å². The molecule has 426 valence electrons. The van der Waals surface area contributed by atoms with Gasteiger partial charge in [-0.3, -0.25) is 14.4 Å². The molecule has 0 fully saturated rings. The predicted octanol–water partition coefficient (Wildman–Crippen LogP) is 21.2. The molecular weight excluding hydrogens is 925 g/mol. The minimum Gasteiger partial charge on any atom is -0.462 e. The van der Waals surface area contributed by atoms with Gasteiger partial charge in [-0.2, -0.15) is 0 Å². The number of carbonyl (C=O) groups excluding carboxylic acids is 3. The Kier molecular flexibility index (Phi) is 58.9. The third kappa shape index (κ3) is 60.6. The number of unbranched alkanes of at least 4 members (excludes halogenated alkanes) is 24. The van der Waals surface area contributed by atoms with Gasteiger partial charge in [0.2, 0.25) is 0 Å². The molecule has 0 spiro atoms. The molecule has 0 rings (SSSR count). The summed E-state index contributed by atoms with van der Waals surface area (Å²) in [5.74, 6) is -0.969. The largest absolute Gasteiger partial charge is 0.462 e. The second-order valence-electron chi connectivity index (χ2n) is 20.2. The molecule has 0 aliphatic heterocycles. The zero-order valence-corrected chi connectivity index (χ0v) is 48.8. The van der Waals surface area contributed by atoms with Crippen molar-refractivity contribution in [2.24, 2.45) is 0 Å². The maximum atomic E-state index is 12.9. The van der Waals surface area contributed by atoms with Gasteiger partial charge >= 0.3 is 17.9 Å². The third-order valence-corrected chi connectivity index (χ3v) is 12.9. The highest BCUT2D eigenvalue weighted by Crippen LogP contribution is 2.14. The van der Waals surface area contributed by atoms with Crippen LogP contribution in [-0.4, -0.2) is 37.2 Å². The van der Waals surface area contributed by atoms with E-state index in [1.54, 1.807) is 0 Å². The molecule has 0 aliphatic rings. The average molecular weight is 1040 g/mol. The van der Waals surface area contributed by atoms with E-state index >= 15 is 0 Å². The molecule has 0 aliphatic carbocycles. The fourth-order valence-corrected chi connectivity index (χ4v) is 8.27. The smallest absolute Gasteiger partial charge is 0.306 e. The van der Waals surface area contributed by atoms with Gasteiger partial charge in [0, 0.05) is 19.3 Å². The van der Waals surface area contributed by atoms with Gasteiger partial charge < -0.3 is 14.2 Å². The molecule has 6 nitrogen and oxygen atoms in total. The molecule has 0 unspecified atom stereocenters. The highest BCUT2D eigenvalue weighted by molar-refractivity contribution is 5.71. The summed E-state index contributed by atoms with van der Waals surface area (Å²) in [6.07, 6.45) is 86.2. The van der Waals surface area contributed by atoms with Gasteiger partial charge in [-0.15, -0.1) is 0 Å². The van der Waals surface area contributed by atoms with Crippen LogP contribution in [0.25, 0.3) is 0 Å². The predicted molar refractivity (Wildman–Crippen MR) is 325 cm³/mol. The van der Waals surface area contributed by atoms with Crippen LogP contribution in [0.5, 0.6) is 0 Å². The second kappa shape index (κ2) is 62.4. The van der Waals surface area contributed by atoms with Crippen molar-refractivity contribution >= 4 is 17.9 Å². The van der Waals surface area contributed by atoms with Crippen LogP contribution in [0.3, 0.4) is 0 Å². The van der Waals surface area contributed by atoms with Crippen LogP contribution in [0.15, 0.2) is 122 Å². The molecule has 0 saturated heterocycles. The van der Waals surface area contributed by atoms with Gasteiger partial charge in [-0.1, -0.05) is 245 Å². The lowest BCUT2D eigenvalue weighted by Gasteiger charge is -2.18. The van der Waals surface area contributed by atoms with Gasteiger partial charge in [0.25, 0.3) is 0 Å². The molecular formula is C69H114O6. The van der Waals surface area contributed by atoms with Crippen molar-refractivity contribution in [1.29, 1.82) is 0 Å². The quantitative estimate of drug-likeness (QED) is 0.0261. The molecule has 0 amide bonds. The summed E-state index contributed by atoms with van der Waals surface area (Å²) < 4.78 is 16.9. The van der Waals surface area contributed by atoms with Crippen molar-refractivity contribution in [1.82, 2.24) is 0 Å². The van der Waals surface area contributed by atoms with Crippen molar-refractivity contribution in [2.45, 2.75) is 284 Å². The van der Waals surface area contributed by atoms with Crippen LogP contribution in [0.4, 0.5) is 0 Å². The first-order valence-corrected chi connectivity index (χ1v) is 31.0. The van der Waals surface area contributed by atoms with Crippen LogP contribution in [0.1, 0.15) is 278 Å². The molecule has 0 aromatic heterocycles. The van der Waals surface area contributed by atoms with Crippen LogP contribution in [0.2, 0.25) is 0 Å². The van der Waals surface area contributed by atoms with Crippen molar-refractivity contribution in [3.63, 3.8) is 0 Å². The number of hydrogen-bond acceptors (Lipinski definition) is 6. The SMILES string of the molecule is CC/C=C\C/C=C\C/C=C\C/C=C\C/C=C\CCCCCC(=O)OC[C@@H](COC(=O)CCCCCCCCCCC/C=C\CCCCCCCC)OC(=O)CCCCC/C=C\C/C=C\C/C=C\C/C=C\CCCCC. The summed E-state index contributed by atoms with van der Waals surface area (Å²) in [7, 11) is 0. The maximum Gasteiger partial charge on any atom is 0.306 e. The third-order valence-electron chi connectivity index (χ3n) is 12.9. The van der Waals surface area contributed by atoms with Gasteiger partial charge in [-0.25, -0.2) is 0 Å². The van der Waals surface area contributed by atoms with E-state index in [1.165, 1.54) is 116 Å². The molecule has 0 aromatic rings. The summed E-state index contributed by atoms with van der Waals surface area (Å²) in [5.41, 5.74) is 0. The van der Waals surface area contributed by atoms with Gasteiger partial charge in [0.05, 0.1) is 0 Å². The second-order valence-corrected chi connectivity index (χ2v) is 20.2. The Bertz CT molecular complexity index is 1570. The van der Waals surface area contributed by atoms with Crippen molar-refractivity contribution < 1.29 is 28.6 Å². The Morgan fingerprint density at radius 2 is 0.520 bits per heavy atom. The van der Waals surface area contributed by atoms with E-state index in [9.17, 15) is 14.4 Å². The minimum absolute atomic E-state index is 0.105. The van der Waals surface area contributed by atoms with Crippen LogP contribution < -0.4 is 0 Å². The monoisotopic (exact) mass is 1040 g/mol. The maximum absolute atomic E-state index is 12.9. The molecule has 0 N–H and O–H groups in total. The number of esters is 3. The molecule has 0 aromatic carbocycles. The first-order valence-electron chi connectivity index (χ1n) is 31.0. The lowest BCUT2D eigenvalue weighted by Crippen LogP contribution is -2.30. The fraction of sp³-hybridized carbons (Fsp3) is 0.667. The van der Waals surface area contributed by atoms with E-state index in [2.05, 4.69) is 142 Å². The summed E-state index contributed by atoms with van der Waals surface area (Å²) in [6, 6.07) is 0. The Morgan fingerprint density at radius 1 is 0.280 bits per heavy atom. The first-order chi connectivity index (χ1) is 37.0. The standard InChI is InChI=1S/C69H114O6/c1-4-7-10-13-16-19-22-25-28-31-34-37-40-43-46-49-52-55-58-61-67(70)73-64-66(75-69(72)63-60-57-54-51-48-45-42-39-36-33-30-27-24-21-18-15-12-9-6-3)65-74-68(71)62-59-56-53-50-47-44-41-38-35-32-29-26-23-20-17-14-11-8-5-2/h7,10,16,18-19,21,25-30,34,36-37,39,43,45-46,48,66H,4-6,8-9,11-15,17,20,22-24,31-33,35,38,40-42,44,47,49-65H2,1-3H3/b10-7-,19-16-,21-18-,28-25-,29-26-,30-27-,37-34-,39-36-,46-43-,48-45-/t66-/m0/s1. The summed E-state index contributed by atoms with van der Waals surface area (Å²) >= 11 is 0. The van der Waals surface area contributed by atoms with E-state index in [0.717, 1.165) is 122 Å². The number of rotatable bonds is 55. The lowest BCUT2D eigenvalue weighted by molar-refractivity contribution is -0.167. The molecule has 0 saturated carbocycles. The van der Waals surface area contributed by atoms with Gasteiger partial charge in [-0.05, 0) is 135 Å². The first kappa shape index (κ1) is 70.8. The van der Waals surface area contributed by atoms with Crippen LogP contribution in [-0.2, 0) is 28.6 Å². The topological polar surface area (TPSA) is 78.9 Å². The Labute approximate surface area is 462 Å². The summed E-state index contributed by atoms with van der Waals surface area (Å²) in [6.45, 7) is 6.45. The summed E-state index contributed by atoms with van der Waals surface area (Å²) in [4.78, 5) is 38.3. The molecule has 75 heavy (non-hydrogen) atoms. The normalized spacial score (nSPS) is 12.9. The summed E-state index contributed by atoms with van der Waals surface area (Å²) in [5, 5.41) is 0. The number of allylic oxidation sites excluding steroid dienone is 20. The molecule has 1 atom stereocenters. The Balaban J connectivity index is 4.52. The van der Waals surface area contributed by atoms with Crippen molar-refractivity contribution in [3.05, 3.63) is 122 Å². The lowest BCUT2D eigenvalue weighted by atomic mass is 10.1. The zero-order chi connectivity index (χ0) is 54.3. The number of ether oxygens (including phenoxy) is 3. The zero-order valence-electron chi connectivity index (χ0n) is 48.8. The van der Waals surface area contributed by atoms with E-state index in [1.807, 2.05) is 0 Å². The van der Waals surface area contributed by atoms with E-state index in [4.69, 9.17) is 14.2 Å². The minimum atomic E-state index is -0.814. The molecule has 6 heteroatoms. The number of hydrogen-bond donors (Lipinski definition) is 0. The van der Waals surface area contributed by atoms with E-state index in [-0.39, 0.29) is 37.5 Å². The molecule has 0 heterocycles. The van der Waals surface area contributed by atoms with E-state index in [0.29, 0.717) is 12.8 Å². The average Bonchev–Trinajstić information content (AvgIpc) is 3.41. The molecule has 0 radical (unpaired) electrons. The Morgan fingerprint density at radius 3 is 0.867 bits per heavy atom.